The molecule has 0 saturated carbocycles. The lowest BCUT2D eigenvalue weighted by molar-refractivity contribution is -0.277. The molecule has 17 heteroatoms. The van der Waals surface area contributed by atoms with E-state index in [-0.39, 0.29) is 5.56 Å². The van der Waals surface area contributed by atoms with Crippen LogP contribution in [0.25, 0.3) is 22.3 Å². The first-order chi connectivity index (χ1) is 20.3. The molecule has 9 atom stereocenters. The maximum Gasteiger partial charge on any atom is 0.239 e. The molecule has 0 bridgehead atoms. The normalized spacial score (nSPS) is 31.2. The summed E-state index contributed by atoms with van der Waals surface area (Å²) in [7, 11) is 0. The number of hydrogen-bond donors (Lipinski definition) is 11. The van der Waals surface area contributed by atoms with E-state index in [0.717, 1.165) is 24.3 Å². The number of aliphatic hydroxyl groups is 7. The Kier molecular flexibility index (Phi) is 8.27. The van der Waals surface area contributed by atoms with Gasteiger partial charge >= 0.3 is 0 Å². The van der Waals surface area contributed by atoms with Crippen LogP contribution in [-0.2, 0) is 9.47 Å². The summed E-state index contributed by atoms with van der Waals surface area (Å²) in [5, 5.41) is 111. The predicted octanol–water partition coefficient (Wildman–Crippen LogP) is -2.72. The third-order valence-corrected chi connectivity index (χ3v) is 7.06. The molecule has 5 rings (SSSR count). The largest absolute Gasteiger partial charge is 0.507 e. The van der Waals surface area contributed by atoms with E-state index in [1.807, 2.05) is 0 Å². The van der Waals surface area contributed by atoms with Crippen molar-refractivity contribution in [2.75, 3.05) is 13.2 Å². The van der Waals surface area contributed by atoms with Gasteiger partial charge in [-0.2, -0.15) is 0 Å². The second kappa shape index (κ2) is 11.6. The SMILES string of the molecule is O=c1c(O[C@@H]2O[C@H](CO)[C@@H](O)[C@H](O)[C@H]2O)c(-c2ccc(O)c(O)c2)oc2c(O)c(O[C@@H]3OC[C@@H](O)[C@H](O)[C@H]3O)cc(O)c12. The maximum atomic E-state index is 13.7. The molecule has 3 aromatic rings. The van der Waals surface area contributed by atoms with Crippen LogP contribution in [0.5, 0.6) is 34.5 Å². The van der Waals surface area contributed by atoms with Crippen LogP contribution in [0.3, 0.4) is 0 Å². The molecular formula is C26H28O17. The Hall–Kier alpha value is -3.91. The van der Waals surface area contributed by atoms with Crippen molar-refractivity contribution < 1.29 is 79.5 Å². The van der Waals surface area contributed by atoms with E-state index in [1.165, 1.54) is 0 Å². The van der Waals surface area contributed by atoms with Gasteiger partial charge in [-0.05, 0) is 18.2 Å². The minimum absolute atomic E-state index is 0.151. The lowest BCUT2D eigenvalue weighted by Gasteiger charge is -2.39. The number of phenols is 4. The van der Waals surface area contributed by atoms with Crippen molar-refractivity contribution in [2.45, 2.75) is 55.3 Å². The quantitative estimate of drug-likeness (QED) is 0.0995. The molecule has 3 heterocycles. The van der Waals surface area contributed by atoms with E-state index in [1.54, 1.807) is 0 Å². The van der Waals surface area contributed by atoms with Gasteiger partial charge in [0.15, 0.2) is 28.6 Å². The summed E-state index contributed by atoms with van der Waals surface area (Å²) >= 11 is 0. The summed E-state index contributed by atoms with van der Waals surface area (Å²) in [6, 6.07) is 3.88. The average Bonchev–Trinajstić information content (AvgIpc) is 2.98. The number of aliphatic hydroxyl groups excluding tert-OH is 7. The molecule has 11 N–H and O–H groups in total. The molecule has 234 valence electrons. The van der Waals surface area contributed by atoms with Gasteiger partial charge in [0.05, 0.1) is 13.2 Å². The van der Waals surface area contributed by atoms with E-state index in [0.29, 0.717) is 0 Å². The van der Waals surface area contributed by atoms with E-state index in [4.69, 9.17) is 23.4 Å². The van der Waals surface area contributed by atoms with Gasteiger partial charge in [0, 0.05) is 11.6 Å². The van der Waals surface area contributed by atoms with Gasteiger partial charge in [0.2, 0.25) is 29.5 Å². The van der Waals surface area contributed by atoms with Gasteiger partial charge in [0.25, 0.3) is 0 Å². The third-order valence-electron chi connectivity index (χ3n) is 7.06. The summed E-state index contributed by atoms with van der Waals surface area (Å²) in [6.45, 7) is -1.27. The van der Waals surface area contributed by atoms with Crippen LogP contribution in [0, 0.1) is 0 Å². The highest BCUT2D eigenvalue weighted by Gasteiger charge is 2.46. The molecule has 2 fully saturated rings. The van der Waals surface area contributed by atoms with Crippen LogP contribution >= 0.6 is 0 Å². The van der Waals surface area contributed by atoms with Crippen LogP contribution in [0.1, 0.15) is 0 Å². The number of fused-ring (bicyclic) bond motifs is 1. The van der Waals surface area contributed by atoms with Crippen LogP contribution in [0.4, 0.5) is 0 Å². The highest BCUT2D eigenvalue weighted by Crippen LogP contribution is 2.44. The summed E-state index contributed by atoms with van der Waals surface area (Å²) in [5.74, 6) is -4.96. The van der Waals surface area contributed by atoms with Crippen LogP contribution in [-0.4, -0.2) is 125 Å². The first-order valence-electron chi connectivity index (χ1n) is 12.7. The van der Waals surface area contributed by atoms with Gasteiger partial charge in [-0.1, -0.05) is 0 Å². The fourth-order valence-corrected chi connectivity index (χ4v) is 4.64. The van der Waals surface area contributed by atoms with Crippen molar-refractivity contribution in [1.29, 1.82) is 0 Å². The molecule has 0 radical (unpaired) electrons. The van der Waals surface area contributed by atoms with E-state index < -0.39 is 125 Å². The Labute approximate surface area is 239 Å². The topological polar surface area (TPSA) is 290 Å². The Morgan fingerprint density at radius 1 is 0.791 bits per heavy atom. The minimum atomic E-state index is -1.97. The summed E-state index contributed by atoms with van der Waals surface area (Å²) in [6.07, 6.45) is -15.5. The van der Waals surface area contributed by atoms with Crippen molar-refractivity contribution in [3.63, 3.8) is 0 Å². The standard InChI is InChI=1S/C26H28O17/c27-5-13-16(33)19(36)21(38)26(41-13)43-24-18(35)14-10(30)4-12(40-25-20(37)15(32)11(31)6-39-25)17(34)23(14)42-22(24)7-1-2-8(28)9(29)3-7/h1-4,11,13,15-16,19-21,25-34,36-38H,5-6H2/t11-,13-,15+,16-,19+,20-,21-,25+,26+/m1/s1. The molecule has 43 heavy (non-hydrogen) atoms. The van der Waals surface area contributed by atoms with Crippen LogP contribution < -0.4 is 14.9 Å². The molecule has 0 spiro atoms. The average molecular weight is 612 g/mol. The number of phenolic OH excluding ortho intramolecular Hbond substituents is 4. The number of aromatic hydroxyl groups is 4. The highest BCUT2D eigenvalue weighted by atomic mass is 16.7. The van der Waals surface area contributed by atoms with Crippen molar-refractivity contribution >= 4 is 11.0 Å². The maximum absolute atomic E-state index is 13.7. The highest BCUT2D eigenvalue weighted by molar-refractivity contribution is 5.93. The molecule has 0 amide bonds. The molecule has 2 aliphatic heterocycles. The van der Waals surface area contributed by atoms with Crippen molar-refractivity contribution in [3.05, 3.63) is 34.5 Å². The van der Waals surface area contributed by atoms with Crippen LogP contribution in [0.15, 0.2) is 33.5 Å². The summed E-state index contributed by atoms with van der Waals surface area (Å²) in [4.78, 5) is 13.7. The number of benzene rings is 2. The second-order valence-electron chi connectivity index (χ2n) is 9.92. The summed E-state index contributed by atoms with van der Waals surface area (Å²) < 4.78 is 27.1. The monoisotopic (exact) mass is 612 g/mol. The van der Waals surface area contributed by atoms with Crippen molar-refractivity contribution in [1.82, 2.24) is 0 Å². The lowest BCUT2D eigenvalue weighted by atomic mass is 9.99. The lowest BCUT2D eigenvalue weighted by Crippen LogP contribution is -2.60. The molecular weight excluding hydrogens is 584 g/mol. The number of ether oxygens (including phenoxy) is 4. The minimum Gasteiger partial charge on any atom is -0.507 e. The zero-order valence-electron chi connectivity index (χ0n) is 21.8. The van der Waals surface area contributed by atoms with Crippen molar-refractivity contribution in [3.8, 4) is 45.8 Å². The molecule has 2 aromatic carbocycles. The van der Waals surface area contributed by atoms with E-state index in [2.05, 4.69) is 0 Å². The van der Waals surface area contributed by atoms with E-state index >= 15 is 0 Å². The van der Waals surface area contributed by atoms with Gasteiger partial charge in [0.1, 0.15) is 53.9 Å². The molecule has 0 aliphatic carbocycles. The molecule has 1 aromatic heterocycles. The van der Waals surface area contributed by atoms with Gasteiger partial charge < -0.3 is 79.5 Å². The van der Waals surface area contributed by atoms with E-state index in [9.17, 15) is 61.0 Å². The van der Waals surface area contributed by atoms with Gasteiger partial charge in [-0.15, -0.1) is 0 Å². The number of rotatable bonds is 6. The Balaban J connectivity index is 1.65. The third kappa shape index (κ3) is 5.37. The first-order valence-corrected chi connectivity index (χ1v) is 12.7. The molecule has 2 saturated heterocycles. The Bertz CT molecular complexity index is 1550. The zero-order chi connectivity index (χ0) is 31.3. The molecule has 0 unspecified atom stereocenters. The van der Waals surface area contributed by atoms with Gasteiger partial charge in [-0.3, -0.25) is 4.79 Å². The smallest absolute Gasteiger partial charge is 0.239 e. The van der Waals surface area contributed by atoms with Crippen molar-refractivity contribution in [2.24, 2.45) is 0 Å². The second-order valence-corrected chi connectivity index (χ2v) is 9.92. The van der Waals surface area contributed by atoms with Gasteiger partial charge in [-0.25, -0.2) is 0 Å². The molecule has 2 aliphatic rings. The fraction of sp³-hybridized carbons (Fsp3) is 0.423. The number of hydrogen-bond acceptors (Lipinski definition) is 17. The predicted molar refractivity (Wildman–Crippen MR) is 137 cm³/mol. The zero-order valence-corrected chi connectivity index (χ0v) is 21.8. The first kappa shape index (κ1) is 30.5. The Morgan fingerprint density at radius 3 is 2.16 bits per heavy atom. The fourth-order valence-electron chi connectivity index (χ4n) is 4.64. The summed E-state index contributed by atoms with van der Waals surface area (Å²) in [5.41, 5.74) is -2.05. The molecule has 17 nitrogen and oxygen atoms in total. The Morgan fingerprint density at radius 2 is 1.49 bits per heavy atom. The van der Waals surface area contributed by atoms with Crippen LogP contribution in [0.2, 0.25) is 0 Å².